The van der Waals surface area contributed by atoms with Crippen LogP contribution in [0.15, 0.2) is 42.9 Å². The molecule has 7 nitrogen and oxygen atoms in total. The Kier molecular flexibility index (Phi) is 6.41. The zero-order valence-corrected chi connectivity index (χ0v) is 14.2. The quantitative estimate of drug-likeness (QED) is 0.584. The Bertz CT molecular complexity index is 681. The van der Waals surface area contributed by atoms with Gasteiger partial charge in [-0.25, -0.2) is 4.98 Å². The van der Waals surface area contributed by atoms with Crippen LogP contribution in [0.1, 0.15) is 16.1 Å². The number of amides is 2. The van der Waals surface area contributed by atoms with Gasteiger partial charge < -0.3 is 15.7 Å². The first kappa shape index (κ1) is 17.3. The lowest BCUT2D eigenvalue weighted by Gasteiger charge is -2.16. The van der Waals surface area contributed by atoms with Gasteiger partial charge in [-0.1, -0.05) is 12.1 Å². The molecule has 2 rings (SSSR count). The molecule has 2 amide bonds. The van der Waals surface area contributed by atoms with Gasteiger partial charge in [0, 0.05) is 22.5 Å². The molecule has 8 heteroatoms. The molecule has 0 aliphatic heterocycles. The van der Waals surface area contributed by atoms with E-state index in [2.05, 4.69) is 43.2 Å². The van der Waals surface area contributed by atoms with E-state index in [4.69, 9.17) is 0 Å². The largest absolute Gasteiger partial charge is 0.394 e. The van der Waals surface area contributed by atoms with E-state index < -0.39 is 24.5 Å². The number of rotatable bonds is 6. The number of hydrogen-bond donors (Lipinski definition) is 3. The van der Waals surface area contributed by atoms with Crippen molar-refractivity contribution in [1.29, 1.82) is 0 Å². The maximum absolute atomic E-state index is 12.1. The second kappa shape index (κ2) is 8.53. The van der Waals surface area contributed by atoms with Crippen molar-refractivity contribution in [3.63, 3.8) is 0 Å². The summed E-state index contributed by atoms with van der Waals surface area (Å²) in [6, 6.07) is 6.61. The highest BCUT2D eigenvalue weighted by Gasteiger charge is 2.21. The molecule has 0 radical (unpaired) electrons. The predicted molar refractivity (Wildman–Crippen MR) is 91.4 cm³/mol. The fourth-order valence-corrected chi connectivity index (χ4v) is 2.41. The first-order valence-corrected chi connectivity index (χ1v) is 7.88. The summed E-state index contributed by atoms with van der Waals surface area (Å²) in [5.41, 5.74) is 1.01. The third-order valence-electron chi connectivity index (χ3n) is 2.96. The number of benzene rings is 1. The second-order valence-corrected chi connectivity index (χ2v) is 5.89. The van der Waals surface area contributed by atoms with Gasteiger partial charge in [0.2, 0.25) is 5.91 Å². The van der Waals surface area contributed by atoms with Crippen LogP contribution in [0.4, 0.5) is 0 Å². The lowest BCUT2D eigenvalue weighted by Crippen LogP contribution is -2.48. The van der Waals surface area contributed by atoms with Crippen LogP contribution in [0.3, 0.4) is 0 Å². The highest BCUT2D eigenvalue weighted by Crippen LogP contribution is 2.07. The van der Waals surface area contributed by atoms with Crippen LogP contribution in [0.5, 0.6) is 0 Å². The van der Waals surface area contributed by atoms with E-state index in [1.807, 2.05) is 24.3 Å². The smallest absolute Gasteiger partial charge is 0.272 e. The Balaban J connectivity index is 1.92. The minimum absolute atomic E-state index is 0.0800. The van der Waals surface area contributed by atoms with E-state index in [0.717, 1.165) is 9.13 Å². The van der Waals surface area contributed by atoms with Crippen LogP contribution in [-0.4, -0.2) is 39.5 Å². The molecule has 0 fully saturated rings. The van der Waals surface area contributed by atoms with E-state index in [9.17, 15) is 14.7 Å². The summed E-state index contributed by atoms with van der Waals surface area (Å²) in [6.45, 7) is -0.197. The standard InChI is InChI=1S/C15H15IN4O3/c16-11-3-1-2-10(6-11)7-19-14(22)13(9-21)20-15(23)12-8-17-4-5-18-12/h1-6,8,13,21H,7,9H2,(H,19,22)(H,20,23). The molecule has 1 aromatic carbocycles. The van der Waals surface area contributed by atoms with Crippen LogP contribution in [-0.2, 0) is 11.3 Å². The number of halogens is 1. The summed E-state index contributed by atoms with van der Waals surface area (Å²) >= 11 is 2.18. The predicted octanol–water partition coefficient (Wildman–Crippen LogP) is 0.488. The molecule has 0 aliphatic carbocycles. The second-order valence-electron chi connectivity index (χ2n) is 4.65. The van der Waals surface area contributed by atoms with Gasteiger partial charge in [-0.3, -0.25) is 14.6 Å². The topological polar surface area (TPSA) is 104 Å². The van der Waals surface area contributed by atoms with E-state index in [0.29, 0.717) is 6.54 Å². The molecule has 1 heterocycles. The lowest BCUT2D eigenvalue weighted by atomic mass is 10.2. The summed E-state index contributed by atoms with van der Waals surface area (Å²) in [5, 5.41) is 14.4. The van der Waals surface area contributed by atoms with Crippen molar-refractivity contribution >= 4 is 34.4 Å². The van der Waals surface area contributed by atoms with Gasteiger partial charge in [0.25, 0.3) is 5.91 Å². The van der Waals surface area contributed by atoms with Gasteiger partial charge in [-0.2, -0.15) is 0 Å². The van der Waals surface area contributed by atoms with Crippen molar-refractivity contribution < 1.29 is 14.7 Å². The fourth-order valence-electron chi connectivity index (χ4n) is 1.80. The first-order valence-electron chi connectivity index (χ1n) is 6.80. The maximum atomic E-state index is 12.1. The molecule has 0 saturated carbocycles. The van der Waals surface area contributed by atoms with Crippen LogP contribution >= 0.6 is 22.6 Å². The van der Waals surface area contributed by atoms with Crippen LogP contribution in [0.25, 0.3) is 0 Å². The number of aliphatic hydroxyl groups excluding tert-OH is 1. The Labute approximate surface area is 146 Å². The third-order valence-corrected chi connectivity index (χ3v) is 3.63. The van der Waals surface area contributed by atoms with Crippen LogP contribution in [0.2, 0.25) is 0 Å². The molecular weight excluding hydrogens is 411 g/mol. The Morgan fingerprint density at radius 3 is 2.78 bits per heavy atom. The van der Waals surface area contributed by atoms with E-state index >= 15 is 0 Å². The molecule has 0 bridgehead atoms. The van der Waals surface area contributed by atoms with Crippen molar-refractivity contribution in [3.05, 3.63) is 57.7 Å². The minimum atomic E-state index is -1.05. The molecule has 120 valence electrons. The molecule has 2 aromatic rings. The van der Waals surface area contributed by atoms with Gasteiger partial charge in [-0.05, 0) is 40.3 Å². The molecule has 3 N–H and O–H groups in total. The Hall–Kier alpha value is -2.07. The molecular formula is C15H15IN4O3. The highest BCUT2D eigenvalue weighted by atomic mass is 127. The average Bonchev–Trinajstić information content (AvgIpc) is 2.58. The van der Waals surface area contributed by atoms with Gasteiger partial charge >= 0.3 is 0 Å². The Morgan fingerprint density at radius 1 is 1.30 bits per heavy atom. The van der Waals surface area contributed by atoms with E-state index in [1.54, 1.807) is 0 Å². The number of nitrogens with zero attached hydrogens (tertiary/aromatic N) is 2. The number of hydrogen-bond acceptors (Lipinski definition) is 5. The number of aliphatic hydroxyl groups is 1. The summed E-state index contributed by atoms with van der Waals surface area (Å²) in [5.74, 6) is -1.04. The van der Waals surface area contributed by atoms with E-state index in [1.165, 1.54) is 18.6 Å². The van der Waals surface area contributed by atoms with Crippen molar-refractivity contribution in [1.82, 2.24) is 20.6 Å². The summed E-state index contributed by atoms with van der Waals surface area (Å²) in [6.07, 6.45) is 4.10. The highest BCUT2D eigenvalue weighted by molar-refractivity contribution is 14.1. The van der Waals surface area contributed by atoms with Gasteiger partial charge in [-0.15, -0.1) is 0 Å². The van der Waals surface area contributed by atoms with Gasteiger partial charge in [0.05, 0.1) is 12.8 Å². The fraction of sp³-hybridized carbons (Fsp3) is 0.200. The maximum Gasteiger partial charge on any atom is 0.272 e. The van der Waals surface area contributed by atoms with Gasteiger partial charge in [0.15, 0.2) is 0 Å². The number of carbonyl (C=O) groups excluding carboxylic acids is 2. The average molecular weight is 426 g/mol. The first-order chi connectivity index (χ1) is 11.1. The number of aromatic nitrogens is 2. The lowest BCUT2D eigenvalue weighted by molar-refractivity contribution is -0.124. The Morgan fingerprint density at radius 2 is 2.13 bits per heavy atom. The minimum Gasteiger partial charge on any atom is -0.394 e. The molecule has 0 aliphatic rings. The normalized spacial score (nSPS) is 11.6. The molecule has 0 saturated heterocycles. The van der Waals surface area contributed by atoms with Crippen molar-refractivity contribution in [2.75, 3.05) is 6.61 Å². The monoisotopic (exact) mass is 426 g/mol. The molecule has 0 spiro atoms. The van der Waals surface area contributed by atoms with Crippen LogP contribution < -0.4 is 10.6 Å². The van der Waals surface area contributed by atoms with Crippen molar-refractivity contribution in [3.8, 4) is 0 Å². The zero-order chi connectivity index (χ0) is 16.7. The van der Waals surface area contributed by atoms with E-state index in [-0.39, 0.29) is 5.69 Å². The molecule has 1 atom stereocenters. The summed E-state index contributed by atoms with van der Waals surface area (Å²) in [4.78, 5) is 31.6. The molecule has 1 aromatic heterocycles. The number of nitrogens with one attached hydrogen (secondary N) is 2. The molecule has 1 unspecified atom stereocenters. The zero-order valence-electron chi connectivity index (χ0n) is 12.1. The summed E-state index contributed by atoms with van der Waals surface area (Å²) < 4.78 is 1.06. The number of carbonyl (C=O) groups is 2. The van der Waals surface area contributed by atoms with Gasteiger partial charge in [0.1, 0.15) is 11.7 Å². The summed E-state index contributed by atoms with van der Waals surface area (Å²) in [7, 11) is 0. The van der Waals surface area contributed by atoms with Crippen molar-refractivity contribution in [2.45, 2.75) is 12.6 Å². The van der Waals surface area contributed by atoms with Crippen molar-refractivity contribution in [2.24, 2.45) is 0 Å². The third kappa shape index (κ3) is 5.25. The molecule has 23 heavy (non-hydrogen) atoms. The SMILES string of the molecule is O=C(NC(CO)C(=O)NCc1cccc(I)c1)c1cnccn1. The van der Waals surface area contributed by atoms with Crippen LogP contribution in [0, 0.1) is 3.57 Å².